The second-order valence-electron chi connectivity index (χ2n) is 9.04. The Hall–Kier alpha value is -3.21. The average Bonchev–Trinajstić information content (AvgIpc) is 3.51. The molecule has 1 spiro atoms. The van der Waals surface area contributed by atoms with Crippen LogP contribution in [0.4, 0.5) is 0 Å². The second-order valence-corrected chi connectivity index (χ2v) is 9.04. The van der Waals surface area contributed by atoms with E-state index in [-0.39, 0.29) is 29.9 Å². The number of amides is 1. The third-order valence-electron chi connectivity index (χ3n) is 6.99. The lowest BCUT2D eigenvalue weighted by molar-refractivity contribution is -0.138. The lowest BCUT2D eigenvalue weighted by atomic mass is 9.70. The van der Waals surface area contributed by atoms with Crippen LogP contribution in [0, 0.1) is 5.41 Å². The van der Waals surface area contributed by atoms with Crippen LogP contribution in [-0.4, -0.2) is 77.8 Å². The van der Waals surface area contributed by atoms with E-state index >= 15 is 0 Å². The first-order valence-corrected chi connectivity index (χ1v) is 10.9. The summed E-state index contributed by atoms with van der Waals surface area (Å²) >= 11 is 0. The molecule has 2 aromatic heterocycles. The predicted molar refractivity (Wildman–Crippen MR) is 111 cm³/mol. The predicted octanol–water partition coefficient (Wildman–Crippen LogP) is 0.875. The molecule has 168 valence electrons. The molecule has 0 N–H and O–H groups in total. The Bertz CT molecular complexity index is 1030. The van der Waals surface area contributed by atoms with Crippen LogP contribution in [-0.2, 0) is 20.9 Å². The minimum absolute atomic E-state index is 0.0894. The highest BCUT2D eigenvalue weighted by molar-refractivity contribution is 5.91. The van der Waals surface area contributed by atoms with Crippen molar-refractivity contribution in [2.75, 3.05) is 13.7 Å². The first kappa shape index (κ1) is 20.7. The molecule has 1 aliphatic carbocycles. The van der Waals surface area contributed by atoms with Crippen LogP contribution in [0.3, 0.4) is 0 Å². The van der Waals surface area contributed by atoms with Gasteiger partial charge in [0.1, 0.15) is 12.9 Å². The van der Waals surface area contributed by atoms with Crippen molar-refractivity contribution in [3.05, 3.63) is 35.9 Å². The van der Waals surface area contributed by atoms with Gasteiger partial charge in [-0.25, -0.2) is 4.79 Å². The monoisotopic (exact) mass is 438 g/mol. The van der Waals surface area contributed by atoms with Crippen LogP contribution in [0.1, 0.15) is 44.7 Å². The van der Waals surface area contributed by atoms with Crippen LogP contribution < -0.4 is 0 Å². The fourth-order valence-electron chi connectivity index (χ4n) is 5.34. The maximum atomic E-state index is 13.4. The summed E-state index contributed by atoms with van der Waals surface area (Å²) in [5.74, 6) is 0.365. The molecule has 5 rings (SSSR count). The second kappa shape index (κ2) is 8.05. The Morgan fingerprint density at radius 3 is 2.66 bits per heavy atom. The summed E-state index contributed by atoms with van der Waals surface area (Å²) < 4.78 is 6.50. The van der Waals surface area contributed by atoms with Crippen molar-refractivity contribution >= 4 is 11.9 Å². The number of likely N-dealkylation sites (tertiary alicyclic amines) is 1. The number of rotatable bonds is 5. The van der Waals surface area contributed by atoms with E-state index in [0.717, 1.165) is 37.8 Å². The maximum Gasteiger partial charge on any atom is 0.333 e. The van der Waals surface area contributed by atoms with Gasteiger partial charge >= 0.3 is 5.97 Å². The third kappa shape index (κ3) is 3.66. The largest absolute Gasteiger partial charge is 0.456 e. The van der Waals surface area contributed by atoms with Crippen molar-refractivity contribution < 1.29 is 14.3 Å². The molecule has 32 heavy (non-hydrogen) atoms. The molecule has 0 radical (unpaired) electrons. The maximum absolute atomic E-state index is 13.4. The Morgan fingerprint density at radius 1 is 1.22 bits per heavy atom. The highest BCUT2D eigenvalue weighted by Crippen LogP contribution is 2.49. The van der Waals surface area contributed by atoms with Crippen molar-refractivity contribution in [1.82, 2.24) is 40.2 Å². The van der Waals surface area contributed by atoms with Crippen LogP contribution >= 0.6 is 0 Å². The van der Waals surface area contributed by atoms with Crippen LogP contribution in [0.2, 0.25) is 0 Å². The summed E-state index contributed by atoms with van der Waals surface area (Å²) in [5, 5.41) is 19.5. The van der Waals surface area contributed by atoms with Crippen molar-refractivity contribution in [2.24, 2.45) is 5.41 Å². The minimum atomic E-state index is -0.361. The van der Waals surface area contributed by atoms with Crippen molar-refractivity contribution in [3.8, 4) is 5.82 Å². The topological polar surface area (TPSA) is 119 Å². The van der Waals surface area contributed by atoms with Crippen LogP contribution in [0.15, 0.2) is 30.2 Å². The molecule has 0 bridgehead atoms. The van der Waals surface area contributed by atoms with Gasteiger partial charge < -0.3 is 9.64 Å². The van der Waals surface area contributed by atoms with Gasteiger partial charge in [-0.15, -0.1) is 10.2 Å². The van der Waals surface area contributed by atoms with Crippen LogP contribution in [0.25, 0.3) is 5.82 Å². The molecule has 1 saturated carbocycles. The fourth-order valence-corrected chi connectivity index (χ4v) is 5.34. The zero-order valence-electron chi connectivity index (χ0n) is 18.2. The quantitative estimate of drug-likeness (QED) is 0.626. The van der Waals surface area contributed by atoms with Gasteiger partial charge in [0, 0.05) is 24.7 Å². The summed E-state index contributed by atoms with van der Waals surface area (Å²) in [6, 6.07) is 4.26. The molecule has 2 aromatic rings. The van der Waals surface area contributed by atoms with E-state index in [0.29, 0.717) is 24.1 Å². The number of aromatic nitrogens is 6. The van der Waals surface area contributed by atoms with Crippen molar-refractivity contribution in [2.45, 2.75) is 57.7 Å². The number of esters is 1. The number of nitrogens with zero attached hydrogens (tertiary/aromatic N) is 8. The average molecular weight is 438 g/mol. The van der Waals surface area contributed by atoms with Gasteiger partial charge in [-0.3, -0.25) is 9.69 Å². The smallest absolute Gasteiger partial charge is 0.333 e. The molecule has 0 unspecified atom stereocenters. The summed E-state index contributed by atoms with van der Waals surface area (Å²) in [4.78, 5) is 28.9. The fraction of sp³-hybridized carbons (Fsp3) is 0.571. The van der Waals surface area contributed by atoms with Gasteiger partial charge in [-0.2, -0.15) is 9.78 Å². The van der Waals surface area contributed by atoms with E-state index in [1.54, 1.807) is 4.90 Å². The first-order chi connectivity index (χ1) is 15.4. The van der Waals surface area contributed by atoms with Gasteiger partial charge in [0.2, 0.25) is 5.91 Å². The Balaban J connectivity index is 1.19. The Kier molecular flexibility index (Phi) is 5.20. The molecule has 3 aliphatic rings. The standard InChI is InChI=1S/C21H26N8O3/c1-14-10-21(20(31)29(14)17-9-19(30)32-12-17)7-5-16(6-8-21)27(2)11-15-3-4-18(24-23-15)28-13-22-25-26-28/h3-4,9,13-14,16H,5-8,10-12H2,1-2H3/t14-,16?,21?/m1/s1. The molecule has 11 nitrogen and oxygen atoms in total. The van der Waals surface area contributed by atoms with E-state index < -0.39 is 0 Å². The minimum Gasteiger partial charge on any atom is -0.456 e. The van der Waals surface area contributed by atoms with Crippen LogP contribution in [0.5, 0.6) is 0 Å². The molecule has 1 amide bonds. The summed E-state index contributed by atoms with van der Waals surface area (Å²) in [6.45, 7) is 2.94. The molecule has 2 aliphatic heterocycles. The highest BCUT2D eigenvalue weighted by atomic mass is 16.5. The van der Waals surface area contributed by atoms with E-state index in [1.807, 2.05) is 12.1 Å². The summed E-state index contributed by atoms with van der Waals surface area (Å²) in [6.07, 6.45) is 7.38. The number of cyclic esters (lactones) is 1. The van der Waals surface area contributed by atoms with Gasteiger partial charge in [0.15, 0.2) is 5.82 Å². The van der Waals surface area contributed by atoms with E-state index in [2.05, 4.69) is 44.6 Å². The van der Waals surface area contributed by atoms with Gasteiger partial charge in [0.25, 0.3) is 0 Å². The molecular formula is C21H26N8O3. The molecule has 1 saturated heterocycles. The normalized spacial score (nSPS) is 28.0. The molecule has 2 fully saturated rings. The molecule has 4 heterocycles. The number of hydrogen-bond acceptors (Lipinski definition) is 9. The number of carbonyl (C=O) groups is 2. The number of hydrogen-bond donors (Lipinski definition) is 0. The zero-order valence-corrected chi connectivity index (χ0v) is 18.2. The first-order valence-electron chi connectivity index (χ1n) is 10.9. The highest BCUT2D eigenvalue weighted by Gasteiger charge is 2.53. The third-order valence-corrected chi connectivity index (χ3v) is 6.99. The number of carbonyl (C=O) groups excluding carboxylic acids is 2. The molecule has 11 heteroatoms. The summed E-state index contributed by atoms with van der Waals surface area (Å²) in [5.41, 5.74) is 1.25. The molecule has 0 aromatic carbocycles. The molecule has 1 atom stereocenters. The van der Waals surface area contributed by atoms with Crippen molar-refractivity contribution in [3.63, 3.8) is 0 Å². The molecular weight excluding hydrogens is 412 g/mol. The van der Waals surface area contributed by atoms with Gasteiger partial charge in [-0.1, -0.05) is 0 Å². The summed E-state index contributed by atoms with van der Waals surface area (Å²) in [7, 11) is 2.09. The van der Waals surface area contributed by atoms with Gasteiger partial charge in [-0.05, 0) is 68.6 Å². The number of tetrazole rings is 1. The lowest BCUT2D eigenvalue weighted by Crippen LogP contribution is -2.42. The van der Waals surface area contributed by atoms with Gasteiger partial charge in [0.05, 0.1) is 16.8 Å². The van der Waals surface area contributed by atoms with Crippen molar-refractivity contribution in [1.29, 1.82) is 0 Å². The lowest BCUT2D eigenvalue weighted by Gasteiger charge is -2.39. The van der Waals surface area contributed by atoms with E-state index in [9.17, 15) is 9.59 Å². The SMILES string of the molecule is C[C@@H]1CC2(CCC(N(C)Cc3ccc(-n4cnnn4)nn3)CC2)C(=O)N1C1=CC(=O)OC1. The van der Waals surface area contributed by atoms with E-state index in [1.165, 1.54) is 17.1 Å². The van der Waals surface area contributed by atoms with E-state index in [4.69, 9.17) is 4.74 Å². The Morgan fingerprint density at radius 2 is 2.03 bits per heavy atom. The number of ether oxygens (including phenoxy) is 1. The zero-order chi connectivity index (χ0) is 22.3. The Labute approximate surface area is 185 Å².